The van der Waals surface area contributed by atoms with Gasteiger partial charge in [0, 0.05) is 25.3 Å². The molecule has 0 atom stereocenters. The highest BCUT2D eigenvalue weighted by Gasteiger charge is 2.16. The highest BCUT2D eigenvalue weighted by molar-refractivity contribution is 5.89. The van der Waals surface area contributed by atoms with Crippen molar-refractivity contribution in [2.45, 2.75) is 26.3 Å². The van der Waals surface area contributed by atoms with E-state index >= 15 is 0 Å². The summed E-state index contributed by atoms with van der Waals surface area (Å²) in [7, 11) is 0. The highest BCUT2D eigenvalue weighted by atomic mass is 19.1. The lowest BCUT2D eigenvalue weighted by Gasteiger charge is -2.19. The molecule has 5 heteroatoms. The second-order valence-electron chi connectivity index (χ2n) is 6.15. The Kier molecular flexibility index (Phi) is 4.99. The summed E-state index contributed by atoms with van der Waals surface area (Å²) in [5.41, 5.74) is 3.26. The lowest BCUT2D eigenvalue weighted by Crippen LogP contribution is -2.28. The van der Waals surface area contributed by atoms with E-state index in [0.29, 0.717) is 17.9 Å². The van der Waals surface area contributed by atoms with E-state index in [1.807, 2.05) is 36.1 Å². The van der Waals surface area contributed by atoms with Crippen molar-refractivity contribution in [3.63, 3.8) is 0 Å². The van der Waals surface area contributed by atoms with Crippen molar-refractivity contribution >= 4 is 17.4 Å². The number of benzene rings is 2. The molecule has 0 aromatic heterocycles. The Morgan fingerprint density at radius 1 is 1.12 bits per heavy atom. The second-order valence-corrected chi connectivity index (χ2v) is 6.15. The number of amides is 2. The molecule has 0 saturated carbocycles. The van der Waals surface area contributed by atoms with Crippen LogP contribution in [0.1, 0.15) is 24.0 Å². The normalized spacial score (nSPS) is 13.8. The van der Waals surface area contributed by atoms with E-state index in [-0.39, 0.29) is 11.8 Å². The number of nitrogens with one attached hydrogen (secondary N) is 2. The SMILES string of the molecule is Cc1ccc(CNC(=O)Nc2ccc(N3CCCC3)c(F)c2)cc1. The summed E-state index contributed by atoms with van der Waals surface area (Å²) in [5, 5.41) is 5.45. The van der Waals surface area contributed by atoms with Gasteiger partial charge >= 0.3 is 6.03 Å². The fourth-order valence-corrected chi connectivity index (χ4v) is 2.86. The largest absolute Gasteiger partial charge is 0.369 e. The van der Waals surface area contributed by atoms with Crippen molar-refractivity contribution in [1.82, 2.24) is 5.32 Å². The fraction of sp³-hybridized carbons (Fsp3) is 0.316. The Labute approximate surface area is 141 Å². The first-order chi connectivity index (χ1) is 11.6. The molecule has 2 aromatic rings. The Morgan fingerprint density at radius 3 is 2.50 bits per heavy atom. The number of hydrogen-bond donors (Lipinski definition) is 2. The molecule has 1 aliphatic heterocycles. The molecule has 2 aromatic carbocycles. The Bertz CT molecular complexity index is 709. The topological polar surface area (TPSA) is 44.4 Å². The number of rotatable bonds is 4. The third-order valence-corrected chi connectivity index (χ3v) is 4.23. The first-order valence-electron chi connectivity index (χ1n) is 8.27. The fourth-order valence-electron chi connectivity index (χ4n) is 2.86. The first-order valence-corrected chi connectivity index (χ1v) is 8.27. The molecular weight excluding hydrogens is 305 g/mol. The van der Waals surface area contributed by atoms with Gasteiger partial charge < -0.3 is 15.5 Å². The van der Waals surface area contributed by atoms with Crippen LogP contribution in [0.3, 0.4) is 0 Å². The molecule has 0 aliphatic carbocycles. The van der Waals surface area contributed by atoms with Crippen molar-refractivity contribution in [2.24, 2.45) is 0 Å². The number of urea groups is 1. The maximum Gasteiger partial charge on any atom is 0.319 e. The first kappa shape index (κ1) is 16.3. The van der Waals surface area contributed by atoms with Crippen LogP contribution in [0.2, 0.25) is 0 Å². The molecule has 0 spiro atoms. The highest BCUT2D eigenvalue weighted by Crippen LogP contribution is 2.26. The molecule has 0 unspecified atom stereocenters. The maximum atomic E-state index is 14.2. The van der Waals surface area contributed by atoms with Crippen LogP contribution in [0.15, 0.2) is 42.5 Å². The predicted molar refractivity (Wildman–Crippen MR) is 94.9 cm³/mol. The second kappa shape index (κ2) is 7.34. The predicted octanol–water partition coefficient (Wildman–Crippen LogP) is 4.06. The minimum absolute atomic E-state index is 0.298. The van der Waals surface area contributed by atoms with Gasteiger partial charge in [-0.3, -0.25) is 0 Å². The van der Waals surface area contributed by atoms with Crippen LogP contribution in [0.5, 0.6) is 0 Å². The molecule has 1 fully saturated rings. The summed E-state index contributed by atoms with van der Waals surface area (Å²) in [4.78, 5) is 14.0. The average molecular weight is 327 g/mol. The number of aryl methyl sites for hydroxylation is 1. The lowest BCUT2D eigenvalue weighted by atomic mass is 10.1. The van der Waals surface area contributed by atoms with Gasteiger partial charge in [-0.1, -0.05) is 29.8 Å². The van der Waals surface area contributed by atoms with Crippen molar-refractivity contribution in [3.05, 3.63) is 59.4 Å². The van der Waals surface area contributed by atoms with Gasteiger partial charge in [-0.05, 0) is 43.5 Å². The molecule has 126 valence electrons. The van der Waals surface area contributed by atoms with E-state index < -0.39 is 0 Å². The van der Waals surface area contributed by atoms with E-state index in [1.54, 1.807) is 12.1 Å². The maximum absolute atomic E-state index is 14.2. The average Bonchev–Trinajstić information content (AvgIpc) is 3.09. The van der Waals surface area contributed by atoms with Crippen molar-refractivity contribution in [1.29, 1.82) is 0 Å². The van der Waals surface area contributed by atoms with Crippen LogP contribution in [-0.2, 0) is 6.54 Å². The van der Waals surface area contributed by atoms with Gasteiger partial charge in [0.25, 0.3) is 0 Å². The molecule has 2 N–H and O–H groups in total. The standard InChI is InChI=1S/C19H22FN3O/c1-14-4-6-15(7-5-14)13-21-19(24)22-16-8-9-18(17(20)12-16)23-10-2-3-11-23/h4-9,12H,2-3,10-11,13H2,1H3,(H2,21,22,24). The van der Waals surface area contributed by atoms with Crippen molar-refractivity contribution in [3.8, 4) is 0 Å². The van der Waals surface area contributed by atoms with Gasteiger partial charge in [0.2, 0.25) is 0 Å². The minimum Gasteiger partial charge on any atom is -0.369 e. The number of carbonyl (C=O) groups is 1. The van der Waals surface area contributed by atoms with Crippen LogP contribution in [0.25, 0.3) is 0 Å². The molecule has 0 bridgehead atoms. The molecular formula is C19H22FN3O. The third kappa shape index (κ3) is 4.04. The van der Waals surface area contributed by atoms with Gasteiger partial charge in [-0.15, -0.1) is 0 Å². The monoisotopic (exact) mass is 327 g/mol. The van der Waals surface area contributed by atoms with Crippen molar-refractivity contribution < 1.29 is 9.18 Å². The van der Waals surface area contributed by atoms with Crippen LogP contribution < -0.4 is 15.5 Å². The van der Waals surface area contributed by atoms with Gasteiger partial charge in [0.1, 0.15) is 5.82 Å². The Morgan fingerprint density at radius 2 is 1.83 bits per heavy atom. The number of carbonyl (C=O) groups excluding carboxylic acids is 1. The molecule has 24 heavy (non-hydrogen) atoms. The number of nitrogens with zero attached hydrogens (tertiary/aromatic N) is 1. The van der Waals surface area contributed by atoms with Crippen molar-refractivity contribution in [2.75, 3.05) is 23.3 Å². The Balaban J connectivity index is 1.56. The van der Waals surface area contributed by atoms with E-state index in [2.05, 4.69) is 10.6 Å². The van der Waals surface area contributed by atoms with Gasteiger partial charge in [0.05, 0.1) is 5.69 Å². The summed E-state index contributed by atoms with van der Waals surface area (Å²) >= 11 is 0. The summed E-state index contributed by atoms with van der Waals surface area (Å²) in [6.45, 7) is 4.23. The molecule has 3 rings (SSSR count). The molecule has 1 heterocycles. The van der Waals surface area contributed by atoms with E-state index in [9.17, 15) is 9.18 Å². The van der Waals surface area contributed by atoms with Gasteiger partial charge in [0.15, 0.2) is 0 Å². The zero-order valence-electron chi connectivity index (χ0n) is 13.8. The zero-order valence-corrected chi connectivity index (χ0v) is 13.8. The van der Waals surface area contributed by atoms with Crippen LogP contribution >= 0.6 is 0 Å². The van der Waals surface area contributed by atoms with Crippen LogP contribution in [-0.4, -0.2) is 19.1 Å². The summed E-state index contributed by atoms with van der Waals surface area (Å²) in [6.07, 6.45) is 2.20. The number of hydrogen-bond acceptors (Lipinski definition) is 2. The summed E-state index contributed by atoms with van der Waals surface area (Å²) in [5.74, 6) is -0.298. The molecule has 4 nitrogen and oxygen atoms in total. The number of anilines is 2. The zero-order chi connectivity index (χ0) is 16.9. The molecule has 2 amide bonds. The summed E-state index contributed by atoms with van der Waals surface area (Å²) < 4.78 is 14.2. The Hall–Kier alpha value is -2.56. The number of halogens is 1. The van der Waals surface area contributed by atoms with Crippen LogP contribution in [0.4, 0.5) is 20.6 Å². The molecule has 1 saturated heterocycles. The van der Waals surface area contributed by atoms with E-state index in [0.717, 1.165) is 31.5 Å². The third-order valence-electron chi connectivity index (χ3n) is 4.23. The van der Waals surface area contributed by atoms with E-state index in [4.69, 9.17) is 0 Å². The van der Waals surface area contributed by atoms with Crippen LogP contribution in [0, 0.1) is 12.7 Å². The molecule has 0 radical (unpaired) electrons. The summed E-state index contributed by atoms with van der Waals surface area (Å²) in [6, 6.07) is 12.4. The van der Waals surface area contributed by atoms with Gasteiger partial charge in [-0.2, -0.15) is 0 Å². The van der Waals surface area contributed by atoms with Gasteiger partial charge in [-0.25, -0.2) is 9.18 Å². The minimum atomic E-state index is -0.344. The smallest absolute Gasteiger partial charge is 0.319 e. The molecule has 1 aliphatic rings. The van der Waals surface area contributed by atoms with E-state index in [1.165, 1.54) is 11.6 Å². The lowest BCUT2D eigenvalue weighted by molar-refractivity contribution is 0.251. The quantitative estimate of drug-likeness (QED) is 0.889.